The van der Waals surface area contributed by atoms with Crippen molar-refractivity contribution in [3.05, 3.63) is 123 Å². The van der Waals surface area contributed by atoms with Crippen molar-refractivity contribution in [1.82, 2.24) is 20.5 Å². The third kappa shape index (κ3) is 8.12. The summed E-state index contributed by atoms with van der Waals surface area (Å²) in [5, 5.41) is 9.26. The average Bonchev–Trinajstić information content (AvgIpc) is 3.68. The van der Waals surface area contributed by atoms with Crippen molar-refractivity contribution in [3.8, 4) is 0 Å². The lowest BCUT2D eigenvalue weighted by Gasteiger charge is -2.23. The molecular formula is C34H35F3N4O2S. The Labute approximate surface area is 259 Å². The normalized spacial score (nSPS) is 15.7. The molecule has 2 N–H and O–H groups in total. The summed E-state index contributed by atoms with van der Waals surface area (Å²) >= 11 is 1.57. The van der Waals surface area contributed by atoms with Crippen molar-refractivity contribution in [3.63, 3.8) is 0 Å². The lowest BCUT2D eigenvalue weighted by molar-refractivity contribution is -0.137. The molecule has 0 saturated carbocycles. The van der Waals surface area contributed by atoms with Gasteiger partial charge in [0.1, 0.15) is 5.01 Å². The Balaban J connectivity index is 1.23. The number of hydrogen-bond acceptors (Lipinski definition) is 5. The number of carbonyl (C=O) groups is 2. The lowest BCUT2D eigenvalue weighted by Crippen LogP contribution is -2.38. The van der Waals surface area contributed by atoms with E-state index in [4.69, 9.17) is 0 Å². The molecule has 0 spiro atoms. The zero-order chi connectivity index (χ0) is 31.1. The summed E-state index contributed by atoms with van der Waals surface area (Å²) in [6.45, 7) is 3.35. The Morgan fingerprint density at radius 1 is 1.00 bits per heavy atom. The summed E-state index contributed by atoms with van der Waals surface area (Å²) in [6.07, 6.45) is -1.49. The van der Waals surface area contributed by atoms with E-state index < -0.39 is 11.7 Å². The Kier molecular flexibility index (Phi) is 10.1. The van der Waals surface area contributed by atoms with Gasteiger partial charge in [0.05, 0.1) is 11.6 Å². The van der Waals surface area contributed by atoms with E-state index in [2.05, 4.69) is 15.6 Å². The molecular weight excluding hydrogens is 585 g/mol. The summed E-state index contributed by atoms with van der Waals surface area (Å²) in [6, 6.07) is 21.6. The SMILES string of the molecule is Cc1csc([C@H]2CCCN2C(=O)c2cccc(C(=O)N[C@H](CCNCc3cccc(C(F)(F)F)c3)Cc3ccccc3)c2)n1. The maximum Gasteiger partial charge on any atom is 0.416 e. The van der Waals surface area contributed by atoms with E-state index in [-0.39, 0.29) is 30.4 Å². The number of alkyl halides is 3. The fraction of sp³-hybridized carbons (Fsp3) is 0.324. The van der Waals surface area contributed by atoms with Crippen LogP contribution in [0.2, 0.25) is 0 Å². The first-order valence-corrected chi connectivity index (χ1v) is 15.6. The van der Waals surface area contributed by atoms with Crippen LogP contribution in [0.1, 0.15) is 73.4 Å². The summed E-state index contributed by atoms with van der Waals surface area (Å²) in [7, 11) is 0. The van der Waals surface area contributed by atoms with E-state index in [1.165, 1.54) is 6.07 Å². The number of carbonyl (C=O) groups excluding carboxylic acids is 2. The molecule has 1 fully saturated rings. The first-order chi connectivity index (χ1) is 21.2. The summed E-state index contributed by atoms with van der Waals surface area (Å²) < 4.78 is 39.2. The molecule has 1 aliphatic rings. The second kappa shape index (κ2) is 14.2. The molecule has 4 aromatic rings. The quantitative estimate of drug-likeness (QED) is 0.178. The average molecular weight is 621 g/mol. The Morgan fingerprint density at radius 2 is 1.75 bits per heavy atom. The smallest absolute Gasteiger partial charge is 0.349 e. The van der Waals surface area contributed by atoms with Crippen molar-refractivity contribution in [2.75, 3.05) is 13.1 Å². The number of amides is 2. The second-order valence-corrected chi connectivity index (χ2v) is 12.0. The van der Waals surface area contributed by atoms with Gasteiger partial charge in [-0.3, -0.25) is 9.59 Å². The standard InChI is InChI=1S/C34H35F3N4O2S/c1-23-22-44-32(39-23)30-14-7-17-41(30)33(43)27-12-6-11-26(20-27)31(42)40-29(19-24-8-3-2-4-9-24)15-16-38-21-25-10-5-13-28(18-25)34(35,36)37/h2-6,8-13,18,20,22,29-30,38H,7,14-17,19,21H2,1H3,(H,40,42)/t29-,30-/m1/s1. The number of hydrogen-bond donors (Lipinski definition) is 2. The number of aryl methyl sites for hydroxylation is 1. The van der Waals surface area contributed by atoms with Crippen molar-refractivity contribution < 1.29 is 22.8 Å². The monoisotopic (exact) mass is 620 g/mol. The highest BCUT2D eigenvalue weighted by Crippen LogP contribution is 2.35. The minimum Gasteiger partial charge on any atom is -0.349 e. The highest BCUT2D eigenvalue weighted by Gasteiger charge is 2.33. The number of nitrogens with one attached hydrogen (secondary N) is 2. The molecule has 1 aliphatic heterocycles. The van der Waals surface area contributed by atoms with E-state index >= 15 is 0 Å². The highest BCUT2D eigenvalue weighted by atomic mass is 32.1. The van der Waals surface area contributed by atoms with Crippen LogP contribution in [0, 0.1) is 6.92 Å². The van der Waals surface area contributed by atoms with E-state index in [1.54, 1.807) is 41.7 Å². The van der Waals surface area contributed by atoms with Gasteiger partial charge in [0, 0.05) is 41.3 Å². The van der Waals surface area contributed by atoms with E-state index in [0.29, 0.717) is 42.6 Å². The van der Waals surface area contributed by atoms with Gasteiger partial charge in [0.25, 0.3) is 11.8 Å². The van der Waals surface area contributed by atoms with E-state index in [1.807, 2.05) is 47.5 Å². The molecule has 2 atom stereocenters. The Hall–Kier alpha value is -4.02. The van der Waals surface area contributed by atoms with Crippen LogP contribution < -0.4 is 10.6 Å². The minimum absolute atomic E-state index is 0.0580. The zero-order valence-electron chi connectivity index (χ0n) is 24.4. The lowest BCUT2D eigenvalue weighted by atomic mass is 10.0. The van der Waals surface area contributed by atoms with Crippen LogP contribution in [0.25, 0.3) is 0 Å². The summed E-state index contributed by atoms with van der Waals surface area (Å²) in [5.74, 6) is -0.401. The predicted molar refractivity (Wildman–Crippen MR) is 165 cm³/mol. The van der Waals surface area contributed by atoms with Crippen molar-refractivity contribution in [2.24, 2.45) is 0 Å². The van der Waals surface area contributed by atoms with Crippen molar-refractivity contribution in [2.45, 2.75) is 57.4 Å². The molecule has 6 nitrogen and oxygen atoms in total. The second-order valence-electron chi connectivity index (χ2n) is 11.1. The van der Waals surface area contributed by atoms with E-state index in [0.717, 1.165) is 41.2 Å². The molecule has 2 heterocycles. The molecule has 1 aromatic heterocycles. The number of benzene rings is 3. The van der Waals surface area contributed by atoms with Gasteiger partial charge in [0.15, 0.2) is 0 Å². The van der Waals surface area contributed by atoms with E-state index in [9.17, 15) is 22.8 Å². The third-order valence-electron chi connectivity index (χ3n) is 7.72. The first-order valence-electron chi connectivity index (χ1n) is 14.7. The van der Waals surface area contributed by atoms with Crippen LogP contribution in [-0.2, 0) is 19.1 Å². The highest BCUT2D eigenvalue weighted by molar-refractivity contribution is 7.09. The maximum absolute atomic E-state index is 13.5. The summed E-state index contributed by atoms with van der Waals surface area (Å²) in [4.78, 5) is 33.4. The number of thiazole rings is 1. The molecule has 44 heavy (non-hydrogen) atoms. The van der Waals surface area contributed by atoms with Gasteiger partial charge in [0.2, 0.25) is 0 Å². The molecule has 1 saturated heterocycles. The summed E-state index contributed by atoms with van der Waals surface area (Å²) in [5.41, 5.74) is 2.71. The van der Waals surface area contributed by atoms with Crippen LogP contribution in [0.5, 0.6) is 0 Å². The fourth-order valence-corrected chi connectivity index (χ4v) is 6.45. The first kappa shape index (κ1) is 31.4. The van der Waals surface area contributed by atoms with Crippen LogP contribution in [0.4, 0.5) is 13.2 Å². The van der Waals surface area contributed by atoms with Crippen LogP contribution in [0.15, 0.2) is 84.2 Å². The Morgan fingerprint density at radius 3 is 2.50 bits per heavy atom. The van der Waals surface area contributed by atoms with Gasteiger partial charge in [-0.2, -0.15) is 13.2 Å². The third-order valence-corrected chi connectivity index (χ3v) is 8.78. The van der Waals surface area contributed by atoms with Crippen LogP contribution in [0.3, 0.4) is 0 Å². The number of nitrogens with zero attached hydrogens (tertiary/aromatic N) is 2. The molecule has 0 unspecified atom stereocenters. The van der Waals surface area contributed by atoms with Crippen LogP contribution >= 0.6 is 11.3 Å². The van der Waals surface area contributed by atoms with Crippen molar-refractivity contribution >= 4 is 23.2 Å². The largest absolute Gasteiger partial charge is 0.416 e. The fourth-order valence-electron chi connectivity index (χ4n) is 5.51. The predicted octanol–water partition coefficient (Wildman–Crippen LogP) is 6.97. The maximum atomic E-state index is 13.5. The molecule has 0 aliphatic carbocycles. The van der Waals surface area contributed by atoms with Crippen LogP contribution in [-0.4, -0.2) is 40.8 Å². The number of aromatic nitrogens is 1. The van der Waals surface area contributed by atoms with Gasteiger partial charge in [-0.15, -0.1) is 11.3 Å². The van der Waals surface area contributed by atoms with Gasteiger partial charge < -0.3 is 15.5 Å². The molecule has 0 radical (unpaired) electrons. The number of rotatable bonds is 11. The van der Waals surface area contributed by atoms with Gasteiger partial charge in [-0.05, 0) is 74.5 Å². The molecule has 2 amide bonds. The Bertz CT molecular complexity index is 1570. The molecule has 5 rings (SSSR count). The molecule has 10 heteroatoms. The van der Waals surface area contributed by atoms with Gasteiger partial charge >= 0.3 is 6.18 Å². The minimum atomic E-state index is -4.39. The number of halogens is 3. The van der Waals surface area contributed by atoms with Gasteiger partial charge in [-0.25, -0.2) is 4.98 Å². The van der Waals surface area contributed by atoms with Gasteiger partial charge in [-0.1, -0.05) is 54.6 Å². The molecule has 3 aromatic carbocycles. The number of likely N-dealkylation sites (tertiary alicyclic amines) is 1. The zero-order valence-corrected chi connectivity index (χ0v) is 25.3. The topological polar surface area (TPSA) is 74.3 Å². The molecule has 0 bridgehead atoms. The van der Waals surface area contributed by atoms with Crippen molar-refractivity contribution in [1.29, 1.82) is 0 Å². The molecule has 230 valence electrons.